The monoisotopic (exact) mass is 512 g/mol. The van der Waals surface area contributed by atoms with Gasteiger partial charge in [-0.25, -0.2) is 9.59 Å². The summed E-state index contributed by atoms with van der Waals surface area (Å²) >= 11 is 1.20. The number of amides is 1. The van der Waals surface area contributed by atoms with Crippen LogP contribution in [0.2, 0.25) is 0 Å². The quantitative estimate of drug-likeness (QED) is 0.319. The highest BCUT2D eigenvalue weighted by Gasteiger charge is 2.19. The van der Waals surface area contributed by atoms with Crippen LogP contribution in [0.4, 0.5) is 5.69 Å². The SMILES string of the molecule is CCn1c(COc2cccc(C)c2C)nnc1SCC(=O)Nc1cc(C(=O)OC)ccc1C(=O)OC. The number of rotatable bonds is 10. The average molecular weight is 513 g/mol. The van der Waals surface area contributed by atoms with Gasteiger partial charge in [0.2, 0.25) is 5.91 Å². The second-order valence-electron chi connectivity index (χ2n) is 7.71. The summed E-state index contributed by atoms with van der Waals surface area (Å²) in [4.78, 5) is 36.7. The molecule has 3 aromatic rings. The molecule has 0 atom stereocenters. The van der Waals surface area contributed by atoms with Crippen LogP contribution in [0.15, 0.2) is 41.6 Å². The number of carbonyl (C=O) groups excluding carboxylic acids is 3. The first kappa shape index (κ1) is 26.7. The summed E-state index contributed by atoms with van der Waals surface area (Å²) in [7, 11) is 2.48. The predicted molar refractivity (Wildman–Crippen MR) is 134 cm³/mol. The van der Waals surface area contributed by atoms with E-state index in [0.717, 1.165) is 16.9 Å². The molecule has 0 saturated heterocycles. The Balaban J connectivity index is 1.69. The summed E-state index contributed by atoms with van der Waals surface area (Å²) in [5.74, 6) is -0.216. The molecule has 0 bridgehead atoms. The van der Waals surface area contributed by atoms with Crippen molar-refractivity contribution in [3.05, 3.63) is 64.5 Å². The third-order valence-electron chi connectivity index (χ3n) is 5.47. The minimum Gasteiger partial charge on any atom is -0.485 e. The molecule has 36 heavy (non-hydrogen) atoms. The zero-order chi connectivity index (χ0) is 26.2. The first-order chi connectivity index (χ1) is 17.3. The van der Waals surface area contributed by atoms with Crippen molar-refractivity contribution in [3.8, 4) is 5.75 Å². The number of methoxy groups -OCH3 is 2. The van der Waals surface area contributed by atoms with Gasteiger partial charge >= 0.3 is 11.9 Å². The molecule has 0 radical (unpaired) electrons. The van der Waals surface area contributed by atoms with E-state index in [2.05, 4.69) is 15.5 Å². The van der Waals surface area contributed by atoms with E-state index >= 15 is 0 Å². The maximum atomic E-state index is 12.7. The number of aromatic nitrogens is 3. The number of ether oxygens (including phenoxy) is 3. The molecule has 2 aromatic carbocycles. The Morgan fingerprint density at radius 3 is 2.47 bits per heavy atom. The van der Waals surface area contributed by atoms with E-state index in [4.69, 9.17) is 14.2 Å². The lowest BCUT2D eigenvalue weighted by Crippen LogP contribution is -2.18. The number of aryl methyl sites for hydroxylation is 1. The molecule has 10 nitrogen and oxygen atoms in total. The lowest BCUT2D eigenvalue weighted by Gasteiger charge is -2.12. The van der Waals surface area contributed by atoms with Crippen LogP contribution in [0.3, 0.4) is 0 Å². The van der Waals surface area contributed by atoms with Gasteiger partial charge in [0.1, 0.15) is 12.4 Å². The normalized spacial score (nSPS) is 10.6. The van der Waals surface area contributed by atoms with Crippen molar-refractivity contribution < 1.29 is 28.6 Å². The Hall–Kier alpha value is -3.86. The molecule has 1 heterocycles. The van der Waals surface area contributed by atoms with Gasteiger partial charge in [0, 0.05) is 6.54 Å². The van der Waals surface area contributed by atoms with Crippen LogP contribution in [0.1, 0.15) is 44.6 Å². The van der Waals surface area contributed by atoms with Gasteiger partial charge in [-0.1, -0.05) is 23.9 Å². The van der Waals surface area contributed by atoms with Crippen molar-refractivity contribution >= 4 is 35.3 Å². The fourth-order valence-corrected chi connectivity index (χ4v) is 4.19. The first-order valence-electron chi connectivity index (χ1n) is 11.1. The molecule has 0 aliphatic rings. The van der Waals surface area contributed by atoms with Crippen molar-refractivity contribution in [1.29, 1.82) is 0 Å². The minimum absolute atomic E-state index is 0.000949. The van der Waals surface area contributed by atoms with Gasteiger partial charge in [0.25, 0.3) is 0 Å². The van der Waals surface area contributed by atoms with Crippen molar-refractivity contribution in [3.63, 3.8) is 0 Å². The van der Waals surface area contributed by atoms with E-state index in [9.17, 15) is 14.4 Å². The second kappa shape index (κ2) is 12.2. The smallest absolute Gasteiger partial charge is 0.339 e. The highest BCUT2D eigenvalue weighted by molar-refractivity contribution is 7.99. The Bertz CT molecular complexity index is 1270. The van der Waals surface area contributed by atoms with Crippen molar-refractivity contribution in [2.75, 3.05) is 25.3 Å². The zero-order valence-corrected chi connectivity index (χ0v) is 21.6. The van der Waals surface area contributed by atoms with Crippen molar-refractivity contribution in [2.45, 2.75) is 39.1 Å². The lowest BCUT2D eigenvalue weighted by atomic mass is 10.1. The van der Waals surface area contributed by atoms with Crippen LogP contribution >= 0.6 is 11.8 Å². The first-order valence-corrected chi connectivity index (χ1v) is 12.1. The lowest BCUT2D eigenvalue weighted by molar-refractivity contribution is -0.113. The minimum atomic E-state index is -0.645. The van der Waals surface area contributed by atoms with Gasteiger partial charge in [0.15, 0.2) is 11.0 Å². The van der Waals surface area contributed by atoms with Gasteiger partial charge in [-0.3, -0.25) is 4.79 Å². The Morgan fingerprint density at radius 2 is 1.78 bits per heavy atom. The summed E-state index contributed by atoms with van der Waals surface area (Å²) in [6, 6.07) is 10.1. The van der Waals surface area contributed by atoms with E-state index in [1.165, 1.54) is 44.2 Å². The number of nitrogens with one attached hydrogen (secondary N) is 1. The van der Waals surface area contributed by atoms with E-state index in [0.29, 0.717) is 17.5 Å². The van der Waals surface area contributed by atoms with Crippen LogP contribution in [0.5, 0.6) is 5.75 Å². The molecule has 11 heteroatoms. The maximum Gasteiger partial charge on any atom is 0.339 e. The molecule has 1 amide bonds. The molecular weight excluding hydrogens is 484 g/mol. The second-order valence-corrected chi connectivity index (χ2v) is 8.65. The fourth-order valence-electron chi connectivity index (χ4n) is 3.37. The largest absolute Gasteiger partial charge is 0.485 e. The van der Waals surface area contributed by atoms with Crippen LogP contribution < -0.4 is 10.1 Å². The summed E-state index contributed by atoms with van der Waals surface area (Å²) in [6.07, 6.45) is 0. The highest BCUT2D eigenvalue weighted by atomic mass is 32.2. The van der Waals surface area contributed by atoms with Crippen molar-refractivity contribution in [2.24, 2.45) is 0 Å². The molecule has 0 unspecified atom stereocenters. The average Bonchev–Trinajstić information content (AvgIpc) is 3.29. The Morgan fingerprint density at radius 1 is 1.03 bits per heavy atom. The molecule has 0 spiro atoms. The summed E-state index contributed by atoms with van der Waals surface area (Å²) in [5.41, 5.74) is 2.65. The molecule has 3 rings (SSSR count). The molecular formula is C25H28N4O6S. The van der Waals surface area contributed by atoms with Gasteiger partial charge < -0.3 is 24.1 Å². The van der Waals surface area contributed by atoms with E-state index in [1.54, 1.807) is 0 Å². The third kappa shape index (κ3) is 6.22. The summed E-state index contributed by atoms with van der Waals surface area (Å²) in [5, 5.41) is 11.7. The van der Waals surface area contributed by atoms with Gasteiger partial charge in [-0.05, 0) is 56.2 Å². The highest BCUT2D eigenvalue weighted by Crippen LogP contribution is 2.24. The predicted octanol–water partition coefficient (Wildman–Crippen LogP) is 3.80. The number of nitrogens with zero attached hydrogens (tertiary/aromatic N) is 3. The van der Waals surface area contributed by atoms with E-state index in [-0.39, 0.29) is 29.2 Å². The van der Waals surface area contributed by atoms with Gasteiger partial charge in [0.05, 0.1) is 36.8 Å². The Kier molecular flexibility index (Phi) is 9.07. The van der Waals surface area contributed by atoms with Gasteiger partial charge in [-0.2, -0.15) is 0 Å². The molecule has 190 valence electrons. The number of hydrogen-bond donors (Lipinski definition) is 1. The topological polar surface area (TPSA) is 122 Å². The van der Waals surface area contributed by atoms with Crippen LogP contribution in [-0.4, -0.2) is 52.6 Å². The Labute approximate surface area is 213 Å². The van der Waals surface area contributed by atoms with Crippen LogP contribution in [0, 0.1) is 13.8 Å². The van der Waals surface area contributed by atoms with Crippen molar-refractivity contribution in [1.82, 2.24) is 14.8 Å². The number of thioether (sulfide) groups is 1. The standard InChI is InChI=1S/C25H28N4O6S/c1-6-29-21(13-35-20-9-7-8-15(2)16(20)3)27-28-25(29)36-14-22(30)26-19-12-17(23(31)33-4)10-11-18(19)24(32)34-5/h7-12H,6,13-14H2,1-5H3,(H,26,30). The summed E-state index contributed by atoms with van der Waals surface area (Å²) in [6.45, 7) is 6.81. The molecule has 0 aliphatic heterocycles. The van der Waals surface area contributed by atoms with E-state index in [1.807, 2.05) is 43.5 Å². The number of hydrogen-bond acceptors (Lipinski definition) is 9. The number of anilines is 1. The molecule has 1 N–H and O–H groups in total. The fraction of sp³-hybridized carbons (Fsp3) is 0.320. The van der Waals surface area contributed by atoms with Crippen LogP contribution in [-0.2, 0) is 27.4 Å². The third-order valence-corrected chi connectivity index (χ3v) is 6.44. The van der Waals surface area contributed by atoms with Crippen LogP contribution in [0.25, 0.3) is 0 Å². The number of carbonyl (C=O) groups is 3. The number of esters is 2. The molecule has 0 fully saturated rings. The van der Waals surface area contributed by atoms with E-state index < -0.39 is 17.8 Å². The molecule has 0 saturated carbocycles. The zero-order valence-electron chi connectivity index (χ0n) is 20.8. The summed E-state index contributed by atoms with van der Waals surface area (Å²) < 4.78 is 17.3. The maximum absolute atomic E-state index is 12.7. The number of benzene rings is 2. The van der Waals surface area contributed by atoms with Gasteiger partial charge in [-0.15, -0.1) is 10.2 Å². The molecule has 1 aromatic heterocycles. The molecule has 0 aliphatic carbocycles.